The van der Waals surface area contributed by atoms with Crippen molar-refractivity contribution in [2.45, 2.75) is 40.0 Å². The number of aryl methyl sites for hydroxylation is 2. The maximum Gasteiger partial charge on any atom is 0.212 e. The number of hydrogen-bond donors (Lipinski definition) is 0. The molecule has 0 fully saturated rings. The first kappa shape index (κ1) is 10.2. The van der Waals surface area contributed by atoms with Crippen molar-refractivity contribution in [2.24, 2.45) is 7.05 Å². The number of benzene rings is 1. The van der Waals surface area contributed by atoms with Gasteiger partial charge in [0.1, 0.15) is 7.05 Å². The first-order valence-electron chi connectivity index (χ1n) is 8.13. The Morgan fingerprint density at radius 1 is 1.00 bits per heavy atom. The highest BCUT2D eigenvalue weighted by atomic mass is 15.0. The highest BCUT2D eigenvalue weighted by molar-refractivity contribution is 5.61. The van der Waals surface area contributed by atoms with Gasteiger partial charge in [0, 0.05) is 26.7 Å². The van der Waals surface area contributed by atoms with Gasteiger partial charge in [-0.2, -0.15) is 4.57 Å². The van der Waals surface area contributed by atoms with Crippen LogP contribution in [0.5, 0.6) is 0 Å². The first-order valence-corrected chi connectivity index (χ1v) is 6.63. The van der Waals surface area contributed by atoms with Crippen LogP contribution in [0.1, 0.15) is 41.7 Å². The zero-order valence-corrected chi connectivity index (χ0v) is 12.4. The molecule has 0 amide bonds. The summed E-state index contributed by atoms with van der Waals surface area (Å²) in [5.41, 5.74) is 4.38. The van der Waals surface area contributed by atoms with E-state index in [1.165, 1.54) is 5.56 Å². The van der Waals surface area contributed by atoms with Crippen molar-refractivity contribution in [3.05, 3.63) is 53.2 Å². The molecule has 0 radical (unpaired) electrons. The third-order valence-corrected chi connectivity index (χ3v) is 3.49. The average Bonchev–Trinajstić information content (AvgIpc) is 2.37. The molecule has 0 spiro atoms. The summed E-state index contributed by atoms with van der Waals surface area (Å²) in [6.07, 6.45) is 0. The molecular weight excluding hydrogens is 230 g/mol. The molecule has 100 valence electrons. The van der Waals surface area contributed by atoms with Gasteiger partial charge in [0.2, 0.25) is 5.69 Å². The Labute approximate surface area is 121 Å². The van der Waals surface area contributed by atoms with E-state index in [1.807, 2.05) is 29.8 Å². The molecule has 0 saturated carbocycles. The van der Waals surface area contributed by atoms with Crippen LogP contribution in [0, 0.1) is 13.8 Å². The number of aromatic nitrogens is 1. The predicted octanol–water partition coefficient (Wildman–Crippen LogP) is 4.09. The van der Waals surface area contributed by atoms with Crippen LogP contribution in [0.2, 0.25) is 0 Å². The fourth-order valence-corrected chi connectivity index (χ4v) is 2.69. The van der Waals surface area contributed by atoms with Gasteiger partial charge in [-0.05, 0) is 31.5 Å². The van der Waals surface area contributed by atoms with Crippen molar-refractivity contribution in [3.8, 4) is 11.3 Å². The van der Waals surface area contributed by atoms with Gasteiger partial charge in [0.25, 0.3) is 0 Å². The third kappa shape index (κ3) is 2.56. The molecule has 0 bridgehead atoms. The van der Waals surface area contributed by atoms with Crippen LogP contribution in [-0.4, -0.2) is 0 Å². The average molecular weight is 257 g/mol. The van der Waals surface area contributed by atoms with Crippen molar-refractivity contribution in [2.75, 3.05) is 0 Å². The quantitative estimate of drug-likeness (QED) is 0.677. The minimum Gasteiger partial charge on any atom is -0.198 e. The molecule has 0 unspecified atom stereocenters. The molecule has 0 aliphatic carbocycles. The van der Waals surface area contributed by atoms with Gasteiger partial charge < -0.3 is 0 Å². The maximum absolute atomic E-state index is 7.83. The maximum atomic E-state index is 7.83. The third-order valence-electron chi connectivity index (χ3n) is 3.49. The summed E-state index contributed by atoms with van der Waals surface area (Å²) in [4.78, 5) is 0. The molecule has 1 aromatic carbocycles. The van der Waals surface area contributed by atoms with Crippen LogP contribution in [0.15, 0.2) is 36.4 Å². The lowest BCUT2D eigenvalue weighted by molar-refractivity contribution is -0.672. The van der Waals surface area contributed by atoms with Gasteiger partial charge in [-0.25, -0.2) is 0 Å². The van der Waals surface area contributed by atoms with Gasteiger partial charge in [0.15, 0.2) is 5.69 Å². The molecule has 1 nitrogen and oxygen atoms in total. The minimum absolute atomic E-state index is 0.253. The zero-order valence-electron chi connectivity index (χ0n) is 15.4. The predicted molar refractivity (Wildman–Crippen MR) is 81.2 cm³/mol. The highest BCUT2D eigenvalue weighted by Gasteiger charge is 2.28. The summed E-state index contributed by atoms with van der Waals surface area (Å²) in [7, 11) is 1.96. The minimum atomic E-state index is -2.11. The number of rotatable bonds is 1. The summed E-state index contributed by atoms with van der Waals surface area (Å²) in [5, 5.41) is 0. The van der Waals surface area contributed by atoms with Crippen molar-refractivity contribution in [1.29, 1.82) is 0 Å². The summed E-state index contributed by atoms with van der Waals surface area (Å²) in [6, 6.07) is 11.8. The van der Waals surface area contributed by atoms with Crippen LogP contribution in [0.4, 0.5) is 0 Å². The van der Waals surface area contributed by atoms with Gasteiger partial charge in [-0.15, -0.1) is 0 Å². The molecule has 1 aromatic heterocycles. The summed E-state index contributed by atoms with van der Waals surface area (Å²) < 4.78 is 25.5. The molecule has 19 heavy (non-hydrogen) atoms. The fourth-order valence-electron chi connectivity index (χ4n) is 2.69. The summed E-state index contributed by atoms with van der Waals surface area (Å²) in [5.74, 6) is 0. The lowest BCUT2D eigenvalue weighted by atomic mass is 9.87. The van der Waals surface area contributed by atoms with E-state index in [0.29, 0.717) is 5.56 Å². The van der Waals surface area contributed by atoms with Crippen LogP contribution < -0.4 is 4.57 Å². The smallest absolute Gasteiger partial charge is 0.198 e. The van der Waals surface area contributed by atoms with Crippen molar-refractivity contribution in [3.63, 3.8) is 0 Å². The van der Waals surface area contributed by atoms with Gasteiger partial charge in [-0.1, -0.05) is 39.0 Å². The zero-order chi connectivity index (χ0) is 16.7. The Bertz CT molecular complexity index is 694. The molecule has 0 atom stereocenters. The van der Waals surface area contributed by atoms with Crippen LogP contribution >= 0.6 is 0 Å². The molecule has 0 N–H and O–H groups in total. The van der Waals surface area contributed by atoms with E-state index < -0.39 is 6.85 Å². The van der Waals surface area contributed by atoms with Gasteiger partial charge >= 0.3 is 0 Å². The Kier molecular flexibility index (Phi) is 2.58. The van der Waals surface area contributed by atoms with E-state index >= 15 is 0 Å². The SMILES string of the molecule is [2H]C([2H])([2H])c1ccc(-c2ccccc2C)[n+](C)c1C(C)(C)C. The van der Waals surface area contributed by atoms with Gasteiger partial charge in [0.05, 0.1) is 0 Å². The van der Waals surface area contributed by atoms with Crippen LogP contribution in [0.25, 0.3) is 11.3 Å². The van der Waals surface area contributed by atoms with E-state index in [1.54, 1.807) is 6.07 Å². The largest absolute Gasteiger partial charge is 0.212 e. The van der Waals surface area contributed by atoms with Crippen molar-refractivity contribution < 1.29 is 8.68 Å². The topological polar surface area (TPSA) is 3.88 Å². The van der Waals surface area contributed by atoms with Crippen LogP contribution in [-0.2, 0) is 12.5 Å². The van der Waals surface area contributed by atoms with E-state index in [-0.39, 0.29) is 5.41 Å². The van der Waals surface area contributed by atoms with Crippen molar-refractivity contribution >= 4 is 0 Å². The molecule has 2 aromatic rings. The van der Waals surface area contributed by atoms with Gasteiger partial charge in [-0.3, -0.25) is 0 Å². The molecule has 1 heteroatoms. The first-order chi connectivity index (χ1) is 10.0. The van der Waals surface area contributed by atoms with E-state index in [0.717, 1.165) is 17.0 Å². The number of nitrogens with zero attached hydrogens (tertiary/aromatic N) is 1. The second-order valence-electron chi connectivity index (χ2n) is 6.10. The Hall–Kier alpha value is -1.63. The standard InChI is InChI=1S/C18H24N/c1-13-9-7-8-10-15(13)16-12-11-14(2)17(19(16)6)18(3,4)5/h7-12H,1-6H3/q+1/i2D3. The molecule has 1 heterocycles. The Morgan fingerprint density at radius 3 is 2.26 bits per heavy atom. The molecule has 0 aliphatic heterocycles. The summed E-state index contributed by atoms with van der Waals surface area (Å²) >= 11 is 0. The van der Waals surface area contributed by atoms with Crippen LogP contribution in [0.3, 0.4) is 0 Å². The fraction of sp³-hybridized carbons (Fsp3) is 0.389. The summed E-state index contributed by atoms with van der Waals surface area (Å²) in [6.45, 7) is 6.13. The highest BCUT2D eigenvalue weighted by Crippen LogP contribution is 2.26. The Morgan fingerprint density at radius 2 is 1.68 bits per heavy atom. The van der Waals surface area contributed by atoms with E-state index in [9.17, 15) is 0 Å². The number of hydrogen-bond acceptors (Lipinski definition) is 0. The molecule has 0 aliphatic rings. The normalized spacial score (nSPS) is 14.7. The number of pyridine rings is 1. The second-order valence-corrected chi connectivity index (χ2v) is 6.10. The van der Waals surface area contributed by atoms with Crippen molar-refractivity contribution in [1.82, 2.24) is 0 Å². The lowest BCUT2D eigenvalue weighted by Gasteiger charge is -2.19. The monoisotopic (exact) mass is 257 g/mol. The molecule has 0 saturated heterocycles. The lowest BCUT2D eigenvalue weighted by Crippen LogP contribution is -2.42. The molecule has 2 rings (SSSR count). The van der Waals surface area contributed by atoms with E-state index in [4.69, 9.17) is 4.11 Å². The Balaban J connectivity index is 2.80. The van der Waals surface area contributed by atoms with E-state index in [2.05, 4.69) is 39.8 Å². The second kappa shape index (κ2) is 4.80. The molecular formula is C18H24N+.